The summed E-state index contributed by atoms with van der Waals surface area (Å²) >= 11 is 5.93. The molecule has 110 valence electrons. The van der Waals surface area contributed by atoms with E-state index in [0.29, 0.717) is 17.1 Å². The number of hydrogen-bond acceptors (Lipinski definition) is 4. The van der Waals surface area contributed by atoms with E-state index >= 15 is 0 Å². The Labute approximate surface area is 126 Å². The monoisotopic (exact) mass is 307 g/mol. The number of aliphatic hydroxyl groups excluding tert-OH is 2. The molecule has 3 aliphatic rings. The summed E-state index contributed by atoms with van der Waals surface area (Å²) < 4.78 is 0. The smallest absolute Gasteiger partial charge is 0.238 e. The molecule has 1 aliphatic heterocycles. The van der Waals surface area contributed by atoms with Gasteiger partial charge in [-0.15, -0.1) is 0 Å². The molecular weight excluding hydrogens is 294 g/mol. The summed E-state index contributed by atoms with van der Waals surface area (Å²) in [6.07, 6.45) is -1.28. The summed E-state index contributed by atoms with van der Waals surface area (Å²) in [6.45, 7) is 0. The van der Waals surface area contributed by atoms with Crippen molar-refractivity contribution in [2.24, 2.45) is 23.7 Å². The largest absolute Gasteiger partial charge is 0.390 e. The fourth-order valence-electron chi connectivity index (χ4n) is 4.30. The van der Waals surface area contributed by atoms with Crippen LogP contribution >= 0.6 is 11.6 Å². The fourth-order valence-corrected chi connectivity index (χ4v) is 4.48. The Morgan fingerprint density at radius 1 is 1.05 bits per heavy atom. The van der Waals surface area contributed by atoms with E-state index in [4.69, 9.17) is 11.6 Å². The van der Waals surface area contributed by atoms with Gasteiger partial charge in [-0.1, -0.05) is 17.7 Å². The van der Waals surface area contributed by atoms with Crippen molar-refractivity contribution in [3.05, 3.63) is 29.3 Å². The van der Waals surface area contributed by atoms with Crippen LogP contribution in [0, 0.1) is 23.7 Å². The normalized spacial score (nSPS) is 41.0. The molecule has 6 atom stereocenters. The van der Waals surface area contributed by atoms with Gasteiger partial charge in [0.2, 0.25) is 11.8 Å². The average molecular weight is 308 g/mol. The van der Waals surface area contributed by atoms with Crippen molar-refractivity contribution in [2.75, 3.05) is 4.90 Å². The lowest BCUT2D eigenvalue weighted by Gasteiger charge is -2.29. The zero-order chi connectivity index (χ0) is 14.9. The Balaban J connectivity index is 1.75. The molecule has 5 nitrogen and oxygen atoms in total. The number of fused-ring (bicyclic) bond motifs is 5. The van der Waals surface area contributed by atoms with Gasteiger partial charge in [-0.2, -0.15) is 0 Å². The number of anilines is 1. The zero-order valence-electron chi connectivity index (χ0n) is 11.0. The molecule has 2 N–H and O–H groups in total. The minimum Gasteiger partial charge on any atom is -0.390 e. The molecule has 2 amide bonds. The second kappa shape index (κ2) is 4.29. The molecule has 1 saturated heterocycles. The predicted molar refractivity (Wildman–Crippen MR) is 74.5 cm³/mol. The molecule has 1 heterocycles. The Morgan fingerprint density at radius 2 is 1.62 bits per heavy atom. The maximum absolute atomic E-state index is 12.6. The van der Waals surface area contributed by atoms with Crippen LogP contribution in [0.4, 0.5) is 5.69 Å². The summed E-state index contributed by atoms with van der Waals surface area (Å²) in [7, 11) is 0. The number of benzene rings is 1. The van der Waals surface area contributed by atoms with E-state index in [1.165, 1.54) is 0 Å². The third-order valence-corrected chi connectivity index (χ3v) is 5.39. The second-order valence-corrected chi connectivity index (χ2v) is 6.52. The third kappa shape index (κ3) is 1.59. The highest BCUT2D eigenvalue weighted by atomic mass is 35.5. The zero-order valence-corrected chi connectivity index (χ0v) is 11.8. The first-order valence-electron chi connectivity index (χ1n) is 7.00. The lowest BCUT2D eigenvalue weighted by Crippen LogP contribution is -2.43. The summed E-state index contributed by atoms with van der Waals surface area (Å²) in [4.78, 5) is 26.4. The quantitative estimate of drug-likeness (QED) is 0.753. The predicted octanol–water partition coefficient (Wildman–Crippen LogP) is 0.817. The molecule has 2 bridgehead atoms. The molecule has 4 rings (SSSR count). The van der Waals surface area contributed by atoms with Crippen LogP contribution in [0.25, 0.3) is 0 Å². The Hall–Kier alpha value is -1.43. The van der Waals surface area contributed by atoms with Crippen LogP contribution in [-0.2, 0) is 9.59 Å². The van der Waals surface area contributed by atoms with Gasteiger partial charge < -0.3 is 10.2 Å². The maximum Gasteiger partial charge on any atom is 0.238 e. The Kier molecular flexibility index (Phi) is 2.70. The minimum absolute atomic E-state index is 0.286. The number of halogens is 1. The van der Waals surface area contributed by atoms with Gasteiger partial charge in [0.25, 0.3) is 0 Å². The van der Waals surface area contributed by atoms with E-state index in [2.05, 4.69) is 0 Å². The molecule has 1 aromatic rings. The second-order valence-electron chi connectivity index (χ2n) is 6.09. The van der Waals surface area contributed by atoms with E-state index in [-0.39, 0.29) is 23.7 Å². The number of amides is 2. The van der Waals surface area contributed by atoms with Gasteiger partial charge in [-0.05, 0) is 24.6 Å². The number of carbonyl (C=O) groups excluding carboxylic acids is 2. The standard InChI is InChI=1S/C15H14ClNO4/c16-6-2-1-3-7(4-6)17-14(20)10-8-5-9(11(10)15(17)21)13(19)12(8)18/h1-4,8-13,18-19H,5H2/t8-,9-,10-,11+,12-,13+/m1/s1. The van der Waals surface area contributed by atoms with Crippen LogP contribution < -0.4 is 4.90 Å². The van der Waals surface area contributed by atoms with Crippen LogP contribution in [0.3, 0.4) is 0 Å². The Morgan fingerprint density at radius 3 is 2.14 bits per heavy atom. The summed E-state index contributed by atoms with van der Waals surface area (Å²) in [6, 6.07) is 6.60. The van der Waals surface area contributed by atoms with E-state index in [0.717, 1.165) is 4.90 Å². The molecule has 0 unspecified atom stereocenters. The number of aliphatic hydroxyl groups is 2. The van der Waals surface area contributed by atoms with Crippen molar-refractivity contribution in [1.29, 1.82) is 0 Å². The van der Waals surface area contributed by atoms with E-state index in [9.17, 15) is 19.8 Å². The number of nitrogens with zero attached hydrogens (tertiary/aromatic N) is 1. The van der Waals surface area contributed by atoms with Crippen LogP contribution in [0.15, 0.2) is 24.3 Å². The molecular formula is C15H14ClNO4. The number of hydrogen-bond donors (Lipinski definition) is 2. The van der Waals surface area contributed by atoms with Crippen molar-refractivity contribution in [3.63, 3.8) is 0 Å². The van der Waals surface area contributed by atoms with E-state index in [1.807, 2.05) is 0 Å². The molecule has 0 radical (unpaired) electrons. The summed E-state index contributed by atoms with van der Waals surface area (Å²) in [5.74, 6) is -2.25. The van der Waals surface area contributed by atoms with Gasteiger partial charge in [0, 0.05) is 16.9 Å². The highest BCUT2D eigenvalue weighted by Gasteiger charge is 2.67. The van der Waals surface area contributed by atoms with Crippen molar-refractivity contribution >= 4 is 29.1 Å². The van der Waals surface area contributed by atoms with Crippen molar-refractivity contribution in [3.8, 4) is 0 Å². The molecule has 3 fully saturated rings. The first kappa shape index (κ1) is 13.2. The van der Waals surface area contributed by atoms with Gasteiger partial charge >= 0.3 is 0 Å². The Bertz CT molecular complexity index is 616. The molecule has 21 heavy (non-hydrogen) atoms. The molecule has 1 aromatic carbocycles. The average Bonchev–Trinajstić information content (AvgIpc) is 3.04. The van der Waals surface area contributed by atoms with Gasteiger partial charge in [0.1, 0.15) is 0 Å². The SMILES string of the molecule is O=C1[C@@H]2[C@H]3C[C@@H]([C@H](O)[C@@H]3O)[C@@H]2C(=O)N1c1cccc(Cl)c1. The van der Waals surface area contributed by atoms with E-state index < -0.39 is 24.0 Å². The van der Waals surface area contributed by atoms with Crippen molar-refractivity contribution in [1.82, 2.24) is 0 Å². The molecule has 0 aromatic heterocycles. The van der Waals surface area contributed by atoms with Gasteiger partial charge in [0.05, 0.1) is 29.7 Å². The third-order valence-electron chi connectivity index (χ3n) is 5.16. The summed E-state index contributed by atoms with van der Waals surface area (Å²) in [5.41, 5.74) is 0.454. The van der Waals surface area contributed by atoms with Crippen molar-refractivity contribution in [2.45, 2.75) is 18.6 Å². The van der Waals surface area contributed by atoms with E-state index in [1.54, 1.807) is 24.3 Å². The molecule has 2 saturated carbocycles. The first-order valence-corrected chi connectivity index (χ1v) is 7.38. The molecule has 6 heteroatoms. The lowest BCUT2D eigenvalue weighted by atomic mass is 9.78. The topological polar surface area (TPSA) is 77.8 Å². The number of rotatable bonds is 1. The van der Waals surface area contributed by atoms with Gasteiger partial charge in [-0.25, -0.2) is 4.90 Å². The number of imide groups is 1. The highest BCUT2D eigenvalue weighted by molar-refractivity contribution is 6.31. The molecule has 2 aliphatic carbocycles. The maximum atomic E-state index is 12.6. The first-order chi connectivity index (χ1) is 10.0. The van der Waals surface area contributed by atoms with Gasteiger partial charge in [-0.3, -0.25) is 9.59 Å². The van der Waals surface area contributed by atoms with Crippen LogP contribution in [0.2, 0.25) is 5.02 Å². The minimum atomic E-state index is -0.910. The van der Waals surface area contributed by atoms with Crippen LogP contribution in [0.1, 0.15) is 6.42 Å². The highest BCUT2D eigenvalue weighted by Crippen LogP contribution is 2.56. The molecule has 0 spiro atoms. The van der Waals surface area contributed by atoms with Crippen molar-refractivity contribution < 1.29 is 19.8 Å². The fraction of sp³-hybridized carbons (Fsp3) is 0.467. The van der Waals surface area contributed by atoms with Crippen LogP contribution in [-0.4, -0.2) is 34.2 Å². The summed E-state index contributed by atoms with van der Waals surface area (Å²) in [5, 5.41) is 20.4. The number of carbonyl (C=O) groups is 2. The lowest BCUT2D eigenvalue weighted by molar-refractivity contribution is -0.129. The van der Waals surface area contributed by atoms with Gasteiger partial charge in [0.15, 0.2) is 0 Å². The van der Waals surface area contributed by atoms with Crippen LogP contribution in [0.5, 0.6) is 0 Å².